The topological polar surface area (TPSA) is 35.5 Å². The SMILES string of the molecule is CC(C)C(O)CCNCc1ccc(N(C)C)cc1. The second-order valence-electron chi connectivity index (χ2n) is 5.34. The number of aliphatic hydroxyl groups excluding tert-OH is 1. The number of hydrogen-bond acceptors (Lipinski definition) is 3. The number of hydrogen-bond donors (Lipinski definition) is 2. The Bertz CT molecular complexity index is 333. The van der Waals surface area contributed by atoms with E-state index in [-0.39, 0.29) is 6.10 Å². The predicted molar refractivity (Wildman–Crippen MR) is 77.9 cm³/mol. The Hall–Kier alpha value is -1.06. The summed E-state index contributed by atoms with van der Waals surface area (Å²) in [7, 11) is 4.08. The highest BCUT2D eigenvalue weighted by Gasteiger charge is 2.07. The molecule has 18 heavy (non-hydrogen) atoms. The fourth-order valence-corrected chi connectivity index (χ4v) is 1.73. The van der Waals surface area contributed by atoms with Crippen molar-refractivity contribution in [2.45, 2.75) is 32.9 Å². The lowest BCUT2D eigenvalue weighted by molar-refractivity contribution is 0.116. The highest BCUT2D eigenvalue weighted by molar-refractivity contribution is 5.45. The average Bonchev–Trinajstić information content (AvgIpc) is 2.34. The van der Waals surface area contributed by atoms with Crippen molar-refractivity contribution in [1.29, 1.82) is 0 Å². The predicted octanol–water partition coefficient (Wildman–Crippen LogP) is 2.25. The molecule has 0 radical (unpaired) electrons. The molecule has 2 N–H and O–H groups in total. The molecule has 3 heteroatoms. The molecule has 0 spiro atoms. The minimum Gasteiger partial charge on any atom is -0.393 e. The van der Waals surface area contributed by atoms with Gasteiger partial charge in [0.2, 0.25) is 0 Å². The van der Waals surface area contributed by atoms with E-state index in [1.54, 1.807) is 0 Å². The van der Waals surface area contributed by atoms with Crippen LogP contribution in [0.1, 0.15) is 25.8 Å². The standard InChI is InChI=1S/C15H26N2O/c1-12(2)15(18)9-10-16-11-13-5-7-14(8-6-13)17(3)4/h5-8,12,15-16,18H,9-11H2,1-4H3. The summed E-state index contributed by atoms with van der Waals surface area (Å²) in [5, 5.41) is 13.0. The molecular formula is C15H26N2O. The van der Waals surface area contributed by atoms with Gasteiger partial charge in [-0.1, -0.05) is 26.0 Å². The van der Waals surface area contributed by atoms with Gasteiger partial charge >= 0.3 is 0 Å². The summed E-state index contributed by atoms with van der Waals surface area (Å²) in [5.41, 5.74) is 2.49. The monoisotopic (exact) mass is 250 g/mol. The maximum Gasteiger partial charge on any atom is 0.0575 e. The van der Waals surface area contributed by atoms with Crippen LogP contribution in [0, 0.1) is 5.92 Å². The molecule has 3 nitrogen and oxygen atoms in total. The molecular weight excluding hydrogens is 224 g/mol. The molecule has 0 bridgehead atoms. The highest BCUT2D eigenvalue weighted by atomic mass is 16.3. The first kappa shape index (κ1) is 15.0. The molecule has 1 atom stereocenters. The number of anilines is 1. The van der Waals surface area contributed by atoms with Gasteiger partial charge in [0.15, 0.2) is 0 Å². The lowest BCUT2D eigenvalue weighted by Gasteiger charge is -2.15. The van der Waals surface area contributed by atoms with Crippen molar-refractivity contribution in [1.82, 2.24) is 5.32 Å². The number of nitrogens with zero attached hydrogens (tertiary/aromatic N) is 1. The lowest BCUT2D eigenvalue weighted by atomic mass is 10.0. The smallest absolute Gasteiger partial charge is 0.0575 e. The largest absolute Gasteiger partial charge is 0.393 e. The Balaban J connectivity index is 2.27. The van der Waals surface area contributed by atoms with Crippen molar-refractivity contribution in [3.63, 3.8) is 0 Å². The van der Waals surface area contributed by atoms with E-state index in [2.05, 4.69) is 34.5 Å². The maximum absolute atomic E-state index is 9.68. The molecule has 0 saturated carbocycles. The van der Waals surface area contributed by atoms with E-state index in [0.29, 0.717) is 5.92 Å². The van der Waals surface area contributed by atoms with Crippen molar-refractivity contribution >= 4 is 5.69 Å². The highest BCUT2D eigenvalue weighted by Crippen LogP contribution is 2.12. The second kappa shape index (κ2) is 7.39. The van der Waals surface area contributed by atoms with Gasteiger partial charge in [0.25, 0.3) is 0 Å². The van der Waals surface area contributed by atoms with E-state index in [4.69, 9.17) is 0 Å². The molecule has 0 aliphatic rings. The third-order valence-electron chi connectivity index (χ3n) is 3.17. The molecule has 0 saturated heterocycles. The van der Waals surface area contributed by atoms with Crippen LogP contribution in [-0.4, -0.2) is 31.9 Å². The third-order valence-corrected chi connectivity index (χ3v) is 3.17. The van der Waals surface area contributed by atoms with Crippen LogP contribution in [0.3, 0.4) is 0 Å². The van der Waals surface area contributed by atoms with Crippen LogP contribution in [-0.2, 0) is 6.54 Å². The summed E-state index contributed by atoms with van der Waals surface area (Å²) in [4.78, 5) is 2.09. The summed E-state index contributed by atoms with van der Waals surface area (Å²) >= 11 is 0. The van der Waals surface area contributed by atoms with Gasteiger partial charge in [0.05, 0.1) is 6.10 Å². The third kappa shape index (κ3) is 5.07. The van der Waals surface area contributed by atoms with Gasteiger partial charge in [0.1, 0.15) is 0 Å². The van der Waals surface area contributed by atoms with E-state index < -0.39 is 0 Å². The van der Waals surface area contributed by atoms with E-state index in [0.717, 1.165) is 19.5 Å². The zero-order valence-electron chi connectivity index (χ0n) is 12.0. The van der Waals surface area contributed by atoms with Crippen LogP contribution in [0.4, 0.5) is 5.69 Å². The molecule has 1 aromatic carbocycles. The van der Waals surface area contributed by atoms with Crippen LogP contribution in [0.15, 0.2) is 24.3 Å². The quantitative estimate of drug-likeness (QED) is 0.729. The first-order chi connectivity index (χ1) is 8.50. The van der Waals surface area contributed by atoms with Gasteiger partial charge in [-0.2, -0.15) is 0 Å². The number of rotatable bonds is 7. The molecule has 0 heterocycles. The van der Waals surface area contributed by atoms with Gasteiger partial charge in [-0.3, -0.25) is 0 Å². The maximum atomic E-state index is 9.68. The van der Waals surface area contributed by atoms with Crippen molar-refractivity contribution in [2.75, 3.05) is 25.5 Å². The summed E-state index contributed by atoms with van der Waals surface area (Å²) < 4.78 is 0. The molecule has 0 aromatic heterocycles. The van der Waals surface area contributed by atoms with Gasteiger partial charge in [-0.25, -0.2) is 0 Å². The summed E-state index contributed by atoms with van der Waals surface area (Å²) in [5.74, 6) is 0.339. The van der Waals surface area contributed by atoms with Gasteiger partial charge in [-0.05, 0) is 36.6 Å². The summed E-state index contributed by atoms with van der Waals surface area (Å²) in [6.45, 7) is 5.81. The molecule has 0 fully saturated rings. The van der Waals surface area contributed by atoms with Crippen LogP contribution >= 0.6 is 0 Å². The van der Waals surface area contributed by atoms with E-state index >= 15 is 0 Å². The average molecular weight is 250 g/mol. The Labute approximate surface area is 111 Å². The molecule has 102 valence electrons. The Kier molecular flexibility index (Phi) is 6.16. The fraction of sp³-hybridized carbons (Fsp3) is 0.600. The molecule has 1 unspecified atom stereocenters. The fourth-order valence-electron chi connectivity index (χ4n) is 1.73. The van der Waals surface area contributed by atoms with Crippen LogP contribution in [0.25, 0.3) is 0 Å². The molecule has 1 aromatic rings. The summed E-state index contributed by atoms with van der Waals surface area (Å²) in [6, 6.07) is 8.53. The first-order valence-electron chi connectivity index (χ1n) is 6.65. The van der Waals surface area contributed by atoms with E-state index in [9.17, 15) is 5.11 Å². The van der Waals surface area contributed by atoms with Gasteiger partial charge < -0.3 is 15.3 Å². The normalized spacial score (nSPS) is 12.8. The van der Waals surface area contributed by atoms with Crippen molar-refractivity contribution < 1.29 is 5.11 Å². The molecule has 0 aliphatic heterocycles. The Morgan fingerprint density at radius 2 is 1.78 bits per heavy atom. The number of aliphatic hydroxyl groups is 1. The first-order valence-corrected chi connectivity index (χ1v) is 6.65. The van der Waals surface area contributed by atoms with E-state index in [1.807, 2.05) is 27.9 Å². The van der Waals surface area contributed by atoms with Crippen LogP contribution < -0.4 is 10.2 Å². The second-order valence-corrected chi connectivity index (χ2v) is 5.34. The molecule has 0 amide bonds. The van der Waals surface area contributed by atoms with Crippen LogP contribution in [0.5, 0.6) is 0 Å². The number of nitrogens with one attached hydrogen (secondary N) is 1. The van der Waals surface area contributed by atoms with Gasteiger partial charge in [-0.15, -0.1) is 0 Å². The van der Waals surface area contributed by atoms with Crippen molar-refractivity contribution in [3.05, 3.63) is 29.8 Å². The Morgan fingerprint density at radius 1 is 1.17 bits per heavy atom. The molecule has 0 aliphatic carbocycles. The minimum absolute atomic E-state index is 0.200. The zero-order valence-corrected chi connectivity index (χ0v) is 12.0. The molecule has 1 rings (SSSR count). The number of benzene rings is 1. The van der Waals surface area contributed by atoms with Gasteiger partial charge in [0, 0.05) is 26.3 Å². The Morgan fingerprint density at radius 3 is 2.28 bits per heavy atom. The lowest BCUT2D eigenvalue weighted by Crippen LogP contribution is -2.23. The van der Waals surface area contributed by atoms with Crippen molar-refractivity contribution in [3.8, 4) is 0 Å². The zero-order chi connectivity index (χ0) is 13.5. The summed E-state index contributed by atoms with van der Waals surface area (Å²) in [6.07, 6.45) is 0.613. The van der Waals surface area contributed by atoms with E-state index in [1.165, 1.54) is 11.3 Å². The minimum atomic E-state index is -0.200. The van der Waals surface area contributed by atoms with Crippen molar-refractivity contribution in [2.24, 2.45) is 5.92 Å². The van der Waals surface area contributed by atoms with Crippen LogP contribution in [0.2, 0.25) is 0 Å².